The summed E-state index contributed by atoms with van der Waals surface area (Å²) >= 11 is 0. The normalized spacial score (nSPS) is 10.9. The van der Waals surface area contributed by atoms with E-state index in [1.54, 1.807) is 44.6 Å². The molecule has 5 heteroatoms. The molecule has 134 valence electrons. The largest absolute Gasteiger partial charge is 0.497 e. The van der Waals surface area contributed by atoms with Crippen molar-refractivity contribution in [1.29, 1.82) is 5.26 Å². The number of hydrogen-bond acceptors (Lipinski definition) is 4. The predicted octanol–water partition coefficient (Wildman–Crippen LogP) is 4.40. The van der Waals surface area contributed by atoms with Crippen LogP contribution < -0.4 is 14.8 Å². The molecule has 1 amide bonds. The van der Waals surface area contributed by atoms with Crippen LogP contribution >= 0.6 is 0 Å². The first kappa shape index (κ1) is 18.0. The van der Waals surface area contributed by atoms with Gasteiger partial charge in [0.2, 0.25) is 0 Å². The van der Waals surface area contributed by atoms with E-state index in [1.165, 1.54) is 0 Å². The minimum atomic E-state index is -0.472. The second kappa shape index (κ2) is 8.07. The van der Waals surface area contributed by atoms with E-state index in [2.05, 4.69) is 5.32 Å². The molecule has 0 fully saturated rings. The SMILES string of the molecule is COc1cccc(NC(=O)/C(C#N)=C/c2ccc3cc(OC)ccc3c2)c1. The molecule has 0 spiro atoms. The summed E-state index contributed by atoms with van der Waals surface area (Å²) in [7, 11) is 3.18. The van der Waals surface area contributed by atoms with E-state index in [9.17, 15) is 10.1 Å². The molecule has 0 radical (unpaired) electrons. The Hall–Kier alpha value is -3.78. The average Bonchev–Trinajstić information content (AvgIpc) is 2.71. The maximum absolute atomic E-state index is 12.4. The van der Waals surface area contributed by atoms with Gasteiger partial charge in [0, 0.05) is 11.8 Å². The lowest BCUT2D eigenvalue weighted by molar-refractivity contribution is -0.112. The Labute approximate surface area is 157 Å². The van der Waals surface area contributed by atoms with Gasteiger partial charge in [-0.25, -0.2) is 0 Å². The Morgan fingerprint density at radius 3 is 2.41 bits per heavy atom. The van der Waals surface area contributed by atoms with Gasteiger partial charge in [-0.05, 0) is 52.7 Å². The Balaban J connectivity index is 1.85. The zero-order valence-electron chi connectivity index (χ0n) is 15.0. The molecule has 0 aromatic heterocycles. The van der Waals surface area contributed by atoms with E-state index < -0.39 is 5.91 Å². The van der Waals surface area contributed by atoms with Crippen LogP contribution in [0.3, 0.4) is 0 Å². The molecule has 0 heterocycles. The number of ether oxygens (including phenoxy) is 2. The Bertz CT molecular complexity index is 1060. The summed E-state index contributed by atoms with van der Waals surface area (Å²) in [4.78, 5) is 12.4. The highest BCUT2D eigenvalue weighted by molar-refractivity contribution is 6.10. The van der Waals surface area contributed by atoms with Crippen LogP contribution in [0.25, 0.3) is 16.8 Å². The van der Waals surface area contributed by atoms with Crippen molar-refractivity contribution in [3.8, 4) is 17.6 Å². The van der Waals surface area contributed by atoms with E-state index >= 15 is 0 Å². The van der Waals surface area contributed by atoms with Crippen LogP contribution in [-0.2, 0) is 4.79 Å². The molecule has 1 N–H and O–H groups in total. The van der Waals surface area contributed by atoms with Crippen molar-refractivity contribution < 1.29 is 14.3 Å². The molecule has 0 saturated carbocycles. The van der Waals surface area contributed by atoms with Crippen LogP contribution in [0.4, 0.5) is 5.69 Å². The number of hydrogen-bond donors (Lipinski definition) is 1. The van der Waals surface area contributed by atoms with Crippen molar-refractivity contribution in [2.24, 2.45) is 0 Å². The maximum Gasteiger partial charge on any atom is 0.266 e. The van der Waals surface area contributed by atoms with Crippen molar-refractivity contribution >= 4 is 28.4 Å². The fourth-order valence-corrected chi connectivity index (χ4v) is 2.67. The number of carbonyl (C=O) groups is 1. The van der Waals surface area contributed by atoms with Crippen LogP contribution in [0.15, 0.2) is 66.2 Å². The number of fused-ring (bicyclic) bond motifs is 1. The smallest absolute Gasteiger partial charge is 0.266 e. The highest BCUT2D eigenvalue weighted by atomic mass is 16.5. The number of amides is 1. The molecule has 3 aromatic carbocycles. The number of nitrogens with one attached hydrogen (secondary N) is 1. The summed E-state index contributed by atoms with van der Waals surface area (Å²) in [5.41, 5.74) is 1.35. The fourth-order valence-electron chi connectivity index (χ4n) is 2.67. The predicted molar refractivity (Wildman–Crippen MR) is 106 cm³/mol. The van der Waals surface area contributed by atoms with E-state index in [4.69, 9.17) is 9.47 Å². The quantitative estimate of drug-likeness (QED) is 0.542. The summed E-state index contributed by atoms with van der Waals surface area (Å²) in [5, 5.41) is 14.1. The lowest BCUT2D eigenvalue weighted by atomic mass is 10.0. The lowest BCUT2D eigenvalue weighted by Crippen LogP contribution is -2.13. The zero-order chi connectivity index (χ0) is 19.2. The first-order chi connectivity index (χ1) is 13.1. The highest BCUT2D eigenvalue weighted by Crippen LogP contribution is 2.23. The van der Waals surface area contributed by atoms with E-state index in [0.29, 0.717) is 11.4 Å². The number of nitrogens with zero attached hydrogens (tertiary/aromatic N) is 1. The molecule has 27 heavy (non-hydrogen) atoms. The van der Waals surface area contributed by atoms with Crippen LogP contribution in [0, 0.1) is 11.3 Å². The standard InChI is InChI=1S/C22H18N2O3/c1-26-20-5-3-4-19(13-20)24-22(25)18(14-23)11-15-6-7-17-12-21(27-2)9-8-16(17)10-15/h3-13H,1-2H3,(H,24,25)/b18-11+. The third-order valence-electron chi connectivity index (χ3n) is 4.08. The monoisotopic (exact) mass is 358 g/mol. The van der Waals surface area contributed by atoms with Gasteiger partial charge in [0.25, 0.3) is 5.91 Å². The minimum Gasteiger partial charge on any atom is -0.497 e. The van der Waals surface area contributed by atoms with Crippen molar-refractivity contribution in [2.45, 2.75) is 0 Å². The fraction of sp³-hybridized carbons (Fsp3) is 0.0909. The minimum absolute atomic E-state index is 0.0191. The van der Waals surface area contributed by atoms with Gasteiger partial charge in [0.1, 0.15) is 23.1 Å². The van der Waals surface area contributed by atoms with E-state index in [1.807, 2.05) is 42.5 Å². The topological polar surface area (TPSA) is 71.3 Å². The number of nitriles is 1. The molecule has 0 atom stereocenters. The number of methoxy groups -OCH3 is 2. The number of rotatable bonds is 5. The Morgan fingerprint density at radius 1 is 0.963 bits per heavy atom. The molecule has 0 aliphatic carbocycles. The van der Waals surface area contributed by atoms with Gasteiger partial charge in [-0.2, -0.15) is 5.26 Å². The van der Waals surface area contributed by atoms with Crippen LogP contribution in [0.2, 0.25) is 0 Å². The molecule has 3 rings (SSSR count). The van der Waals surface area contributed by atoms with Gasteiger partial charge < -0.3 is 14.8 Å². The van der Waals surface area contributed by atoms with Gasteiger partial charge in [-0.1, -0.05) is 24.3 Å². The van der Waals surface area contributed by atoms with Crippen LogP contribution in [-0.4, -0.2) is 20.1 Å². The third kappa shape index (κ3) is 4.25. The molecule has 3 aromatic rings. The summed E-state index contributed by atoms with van der Waals surface area (Å²) < 4.78 is 10.4. The second-order valence-electron chi connectivity index (χ2n) is 5.83. The molecule has 0 bridgehead atoms. The number of anilines is 1. The van der Waals surface area contributed by atoms with E-state index in [0.717, 1.165) is 22.1 Å². The first-order valence-electron chi connectivity index (χ1n) is 8.28. The molecule has 0 aliphatic rings. The molecule has 0 unspecified atom stereocenters. The zero-order valence-corrected chi connectivity index (χ0v) is 15.0. The van der Waals surface area contributed by atoms with Crippen LogP contribution in [0.5, 0.6) is 11.5 Å². The molecule has 0 aliphatic heterocycles. The number of carbonyl (C=O) groups excluding carboxylic acids is 1. The highest BCUT2D eigenvalue weighted by Gasteiger charge is 2.10. The summed E-state index contributed by atoms with van der Waals surface area (Å²) in [5.74, 6) is 0.932. The molecular weight excluding hydrogens is 340 g/mol. The molecular formula is C22H18N2O3. The van der Waals surface area contributed by atoms with Gasteiger partial charge in [0.05, 0.1) is 14.2 Å². The van der Waals surface area contributed by atoms with Gasteiger partial charge in [-0.15, -0.1) is 0 Å². The second-order valence-corrected chi connectivity index (χ2v) is 5.83. The summed E-state index contributed by atoms with van der Waals surface area (Å²) in [6.07, 6.45) is 1.57. The molecule has 0 saturated heterocycles. The van der Waals surface area contributed by atoms with Gasteiger partial charge >= 0.3 is 0 Å². The first-order valence-corrected chi connectivity index (χ1v) is 8.28. The number of benzene rings is 3. The summed E-state index contributed by atoms with van der Waals surface area (Å²) in [6.45, 7) is 0. The van der Waals surface area contributed by atoms with Crippen LogP contribution in [0.1, 0.15) is 5.56 Å². The van der Waals surface area contributed by atoms with E-state index in [-0.39, 0.29) is 5.57 Å². The average molecular weight is 358 g/mol. The van der Waals surface area contributed by atoms with Crippen molar-refractivity contribution in [1.82, 2.24) is 0 Å². The maximum atomic E-state index is 12.4. The third-order valence-corrected chi connectivity index (χ3v) is 4.08. The summed E-state index contributed by atoms with van der Waals surface area (Å²) in [6, 6.07) is 20.4. The van der Waals surface area contributed by atoms with Gasteiger partial charge in [0.15, 0.2) is 0 Å². The Kier molecular flexibility index (Phi) is 5.38. The van der Waals surface area contributed by atoms with Crippen molar-refractivity contribution in [2.75, 3.05) is 19.5 Å². The molecule has 5 nitrogen and oxygen atoms in total. The van der Waals surface area contributed by atoms with Crippen molar-refractivity contribution in [3.63, 3.8) is 0 Å². The van der Waals surface area contributed by atoms with Crippen molar-refractivity contribution in [3.05, 3.63) is 71.8 Å². The van der Waals surface area contributed by atoms with Gasteiger partial charge in [-0.3, -0.25) is 4.79 Å². The lowest BCUT2D eigenvalue weighted by Gasteiger charge is -2.07. The Morgan fingerprint density at radius 2 is 1.67 bits per heavy atom.